The monoisotopic (exact) mass is 226 g/mol. The van der Waals surface area contributed by atoms with E-state index in [0.29, 0.717) is 18.5 Å². The van der Waals surface area contributed by atoms with Crippen LogP contribution in [0.5, 0.6) is 0 Å². The molecule has 0 aromatic carbocycles. The van der Waals surface area contributed by atoms with E-state index < -0.39 is 0 Å². The molecule has 1 aliphatic carbocycles. The molecule has 0 radical (unpaired) electrons. The standard InChI is InChI=1S/C12H22N2O2/c1-8(2)12-13-7-11(16)14(12)9-3-5-10(15)6-4-9/h8-10,12-13,15H,3-7H2,1-2H3. The van der Waals surface area contributed by atoms with Gasteiger partial charge >= 0.3 is 0 Å². The fourth-order valence-electron chi connectivity index (χ4n) is 2.86. The molecule has 92 valence electrons. The van der Waals surface area contributed by atoms with Gasteiger partial charge in [-0.25, -0.2) is 0 Å². The Hall–Kier alpha value is -0.610. The Morgan fingerprint density at radius 3 is 2.50 bits per heavy atom. The van der Waals surface area contributed by atoms with Gasteiger partial charge in [-0.05, 0) is 31.6 Å². The lowest BCUT2D eigenvalue weighted by Gasteiger charge is -2.38. The molecule has 2 aliphatic rings. The number of nitrogens with one attached hydrogen (secondary N) is 1. The van der Waals surface area contributed by atoms with Gasteiger partial charge in [-0.2, -0.15) is 0 Å². The molecule has 4 heteroatoms. The van der Waals surface area contributed by atoms with Crippen LogP contribution >= 0.6 is 0 Å². The topological polar surface area (TPSA) is 52.6 Å². The number of amides is 1. The molecule has 2 rings (SSSR count). The minimum atomic E-state index is -0.153. The summed E-state index contributed by atoms with van der Waals surface area (Å²) >= 11 is 0. The zero-order valence-electron chi connectivity index (χ0n) is 10.1. The predicted molar refractivity (Wildman–Crippen MR) is 61.7 cm³/mol. The smallest absolute Gasteiger partial charge is 0.238 e. The van der Waals surface area contributed by atoms with Crippen LogP contribution < -0.4 is 5.32 Å². The third-order valence-corrected chi connectivity index (χ3v) is 3.74. The molecular formula is C12H22N2O2. The van der Waals surface area contributed by atoms with Gasteiger partial charge in [-0.3, -0.25) is 10.1 Å². The van der Waals surface area contributed by atoms with Crippen LogP contribution in [-0.4, -0.2) is 40.8 Å². The van der Waals surface area contributed by atoms with E-state index in [1.807, 2.05) is 4.90 Å². The summed E-state index contributed by atoms with van der Waals surface area (Å²) < 4.78 is 0. The molecule has 2 fully saturated rings. The quantitative estimate of drug-likeness (QED) is 0.729. The molecule has 16 heavy (non-hydrogen) atoms. The van der Waals surface area contributed by atoms with Crippen LogP contribution in [0.3, 0.4) is 0 Å². The second-order valence-corrected chi connectivity index (χ2v) is 5.33. The first-order valence-electron chi connectivity index (χ1n) is 6.32. The van der Waals surface area contributed by atoms with Crippen LogP contribution in [0.2, 0.25) is 0 Å². The summed E-state index contributed by atoms with van der Waals surface area (Å²) in [6.45, 7) is 4.75. The predicted octanol–water partition coefficient (Wildman–Crippen LogP) is 0.704. The number of aliphatic hydroxyl groups is 1. The van der Waals surface area contributed by atoms with Crippen molar-refractivity contribution < 1.29 is 9.90 Å². The van der Waals surface area contributed by atoms with Gasteiger partial charge in [0.2, 0.25) is 5.91 Å². The first kappa shape index (κ1) is 11.9. The third kappa shape index (κ3) is 2.23. The average molecular weight is 226 g/mol. The molecule has 0 spiro atoms. The highest BCUT2D eigenvalue weighted by Crippen LogP contribution is 2.27. The zero-order chi connectivity index (χ0) is 11.7. The fourth-order valence-corrected chi connectivity index (χ4v) is 2.86. The maximum absolute atomic E-state index is 11.9. The molecule has 0 bridgehead atoms. The Bertz CT molecular complexity index is 260. The van der Waals surface area contributed by atoms with Crippen LogP contribution in [-0.2, 0) is 4.79 Å². The second kappa shape index (κ2) is 4.72. The molecule has 1 saturated heterocycles. The molecule has 4 nitrogen and oxygen atoms in total. The summed E-state index contributed by atoms with van der Waals surface area (Å²) in [6.07, 6.45) is 3.58. The van der Waals surface area contributed by atoms with E-state index in [1.165, 1.54) is 0 Å². The number of carbonyl (C=O) groups is 1. The highest BCUT2D eigenvalue weighted by atomic mass is 16.3. The largest absolute Gasteiger partial charge is 0.393 e. The SMILES string of the molecule is CC(C)C1NCC(=O)N1C1CCC(O)CC1. The van der Waals surface area contributed by atoms with Crippen LogP contribution in [0.4, 0.5) is 0 Å². The van der Waals surface area contributed by atoms with Crippen molar-refractivity contribution in [3.63, 3.8) is 0 Å². The number of aliphatic hydroxyl groups excluding tert-OH is 1. The average Bonchev–Trinajstić information content (AvgIpc) is 2.62. The van der Waals surface area contributed by atoms with Gasteiger partial charge in [-0.15, -0.1) is 0 Å². The number of hydrogen-bond acceptors (Lipinski definition) is 3. The van der Waals surface area contributed by atoms with Crippen LogP contribution in [0.15, 0.2) is 0 Å². The summed E-state index contributed by atoms with van der Waals surface area (Å²) in [5, 5.41) is 12.8. The van der Waals surface area contributed by atoms with Crippen LogP contribution in [0.1, 0.15) is 39.5 Å². The number of carbonyl (C=O) groups excluding carboxylic acids is 1. The van der Waals surface area contributed by atoms with Gasteiger partial charge < -0.3 is 10.0 Å². The van der Waals surface area contributed by atoms with Crippen molar-refractivity contribution >= 4 is 5.91 Å². The van der Waals surface area contributed by atoms with Crippen molar-refractivity contribution in [2.45, 2.75) is 57.8 Å². The van der Waals surface area contributed by atoms with Crippen molar-refractivity contribution in [3.8, 4) is 0 Å². The molecule has 2 N–H and O–H groups in total. The lowest BCUT2D eigenvalue weighted by Crippen LogP contribution is -2.48. The van der Waals surface area contributed by atoms with E-state index in [4.69, 9.17) is 0 Å². The molecule has 0 aromatic heterocycles. The van der Waals surface area contributed by atoms with Gasteiger partial charge in [0, 0.05) is 6.04 Å². The summed E-state index contributed by atoms with van der Waals surface area (Å²) in [7, 11) is 0. The first-order valence-corrected chi connectivity index (χ1v) is 6.32. The molecule has 1 heterocycles. The first-order chi connectivity index (χ1) is 7.59. The minimum absolute atomic E-state index is 0.153. The molecule has 1 aliphatic heterocycles. The third-order valence-electron chi connectivity index (χ3n) is 3.74. The van der Waals surface area contributed by atoms with Gasteiger partial charge in [0.1, 0.15) is 0 Å². The molecule has 0 aromatic rings. The fraction of sp³-hybridized carbons (Fsp3) is 0.917. The highest BCUT2D eigenvalue weighted by Gasteiger charge is 2.38. The summed E-state index contributed by atoms with van der Waals surface area (Å²) in [4.78, 5) is 13.9. The van der Waals surface area contributed by atoms with Crippen molar-refractivity contribution in [2.75, 3.05) is 6.54 Å². The molecule has 1 atom stereocenters. The van der Waals surface area contributed by atoms with Crippen molar-refractivity contribution in [1.29, 1.82) is 0 Å². The summed E-state index contributed by atoms with van der Waals surface area (Å²) in [6, 6.07) is 0.332. The summed E-state index contributed by atoms with van der Waals surface area (Å²) in [5.41, 5.74) is 0. The molecular weight excluding hydrogens is 204 g/mol. The van der Waals surface area contributed by atoms with Crippen molar-refractivity contribution in [3.05, 3.63) is 0 Å². The van der Waals surface area contributed by atoms with E-state index in [1.54, 1.807) is 0 Å². The van der Waals surface area contributed by atoms with Crippen molar-refractivity contribution in [1.82, 2.24) is 10.2 Å². The normalized spacial score (nSPS) is 36.1. The number of hydrogen-bond donors (Lipinski definition) is 2. The Morgan fingerprint density at radius 2 is 1.94 bits per heavy atom. The minimum Gasteiger partial charge on any atom is -0.393 e. The highest BCUT2D eigenvalue weighted by molar-refractivity contribution is 5.81. The van der Waals surface area contributed by atoms with Crippen LogP contribution in [0.25, 0.3) is 0 Å². The van der Waals surface area contributed by atoms with Gasteiger partial charge in [0.25, 0.3) is 0 Å². The van der Waals surface area contributed by atoms with Gasteiger partial charge in [0.15, 0.2) is 0 Å². The van der Waals surface area contributed by atoms with E-state index in [2.05, 4.69) is 19.2 Å². The number of nitrogens with zero attached hydrogens (tertiary/aromatic N) is 1. The lowest BCUT2D eigenvalue weighted by molar-refractivity contribution is -0.132. The zero-order valence-corrected chi connectivity index (χ0v) is 10.1. The second-order valence-electron chi connectivity index (χ2n) is 5.33. The Labute approximate surface area is 97.0 Å². The summed E-state index contributed by atoms with van der Waals surface area (Å²) in [5.74, 6) is 0.665. The Morgan fingerprint density at radius 1 is 1.31 bits per heavy atom. The maximum atomic E-state index is 11.9. The van der Waals surface area contributed by atoms with Gasteiger partial charge in [0.05, 0.1) is 18.8 Å². The van der Waals surface area contributed by atoms with Gasteiger partial charge in [-0.1, -0.05) is 13.8 Å². The van der Waals surface area contributed by atoms with E-state index in [-0.39, 0.29) is 18.2 Å². The Kier molecular flexibility index (Phi) is 3.50. The lowest BCUT2D eigenvalue weighted by atomic mass is 9.91. The van der Waals surface area contributed by atoms with Crippen LogP contribution in [0, 0.1) is 5.92 Å². The number of rotatable bonds is 2. The molecule has 1 unspecified atom stereocenters. The van der Waals surface area contributed by atoms with E-state index >= 15 is 0 Å². The maximum Gasteiger partial charge on any atom is 0.238 e. The molecule has 1 saturated carbocycles. The van der Waals surface area contributed by atoms with Crippen molar-refractivity contribution in [2.24, 2.45) is 5.92 Å². The molecule has 1 amide bonds. The van der Waals surface area contributed by atoms with E-state index in [0.717, 1.165) is 25.7 Å². The Balaban J connectivity index is 2.03. The van der Waals surface area contributed by atoms with E-state index in [9.17, 15) is 9.90 Å².